The highest BCUT2D eigenvalue weighted by molar-refractivity contribution is 5.80. The first-order chi connectivity index (χ1) is 9.40. The Balaban J connectivity index is 2.80. The number of likely N-dealkylation sites (N-methyl/N-ethyl adjacent to an activating group) is 1. The summed E-state index contributed by atoms with van der Waals surface area (Å²) < 4.78 is 5.75. The highest BCUT2D eigenvalue weighted by atomic mass is 16.5. The minimum Gasteiger partial charge on any atom is -0.481 e. The molecule has 1 rings (SSSR count). The lowest BCUT2D eigenvalue weighted by Crippen LogP contribution is -2.40. The van der Waals surface area contributed by atoms with Crippen LogP contribution < -0.4 is 4.74 Å². The molecule has 0 aliphatic rings. The number of aryl methyl sites for hydroxylation is 1. The van der Waals surface area contributed by atoms with Crippen molar-refractivity contribution in [2.24, 2.45) is 0 Å². The normalized spacial score (nSPS) is 13.7. The highest BCUT2D eigenvalue weighted by Gasteiger charge is 2.20. The molecule has 0 saturated carbocycles. The van der Waals surface area contributed by atoms with Crippen molar-refractivity contribution < 1.29 is 14.6 Å². The van der Waals surface area contributed by atoms with Gasteiger partial charge in [0.15, 0.2) is 6.10 Å². The fourth-order valence-corrected chi connectivity index (χ4v) is 2.10. The lowest BCUT2D eigenvalue weighted by Gasteiger charge is -2.24. The molecule has 0 aromatic heterocycles. The standard InChI is InChI=1S/C16H25NO3/c1-6-17(7-2)16(19)13(5)20-15-9-8-14(12(4)18)10-11(15)3/h8-10,12-13,18H,6-7H2,1-5H3/t12-,13?/m1/s1. The first kappa shape index (κ1) is 16.5. The van der Waals surface area contributed by atoms with Crippen LogP contribution in [-0.4, -0.2) is 35.1 Å². The second-order valence-electron chi connectivity index (χ2n) is 4.97. The van der Waals surface area contributed by atoms with Crippen molar-refractivity contribution in [1.82, 2.24) is 4.90 Å². The number of hydrogen-bond donors (Lipinski definition) is 1. The van der Waals surface area contributed by atoms with Crippen LogP contribution in [0.5, 0.6) is 5.75 Å². The van der Waals surface area contributed by atoms with E-state index in [0.717, 1.165) is 11.1 Å². The van der Waals surface area contributed by atoms with Crippen molar-refractivity contribution >= 4 is 5.91 Å². The Morgan fingerprint density at radius 1 is 1.30 bits per heavy atom. The van der Waals surface area contributed by atoms with Gasteiger partial charge in [0.05, 0.1) is 6.10 Å². The van der Waals surface area contributed by atoms with Crippen molar-refractivity contribution in [3.8, 4) is 5.75 Å². The maximum atomic E-state index is 12.2. The molecule has 20 heavy (non-hydrogen) atoms. The van der Waals surface area contributed by atoms with E-state index in [1.165, 1.54) is 0 Å². The monoisotopic (exact) mass is 279 g/mol. The van der Waals surface area contributed by atoms with Crippen molar-refractivity contribution in [2.75, 3.05) is 13.1 Å². The average molecular weight is 279 g/mol. The van der Waals surface area contributed by atoms with E-state index in [2.05, 4.69) is 0 Å². The van der Waals surface area contributed by atoms with Gasteiger partial charge in [0.25, 0.3) is 5.91 Å². The van der Waals surface area contributed by atoms with Crippen LogP contribution in [0, 0.1) is 6.92 Å². The van der Waals surface area contributed by atoms with Crippen molar-refractivity contribution in [2.45, 2.75) is 46.8 Å². The summed E-state index contributed by atoms with van der Waals surface area (Å²) in [4.78, 5) is 13.9. The molecule has 0 aliphatic carbocycles. The van der Waals surface area contributed by atoms with E-state index < -0.39 is 12.2 Å². The number of hydrogen-bond acceptors (Lipinski definition) is 3. The van der Waals surface area contributed by atoms with Gasteiger partial charge >= 0.3 is 0 Å². The molecule has 0 aliphatic heterocycles. The Labute approximate surface area is 121 Å². The van der Waals surface area contributed by atoms with Crippen LogP contribution in [0.25, 0.3) is 0 Å². The van der Waals surface area contributed by atoms with Crippen LogP contribution in [0.3, 0.4) is 0 Å². The number of benzene rings is 1. The molecule has 0 spiro atoms. The summed E-state index contributed by atoms with van der Waals surface area (Å²) in [6.07, 6.45) is -1.01. The molecule has 0 bridgehead atoms. The van der Waals surface area contributed by atoms with Gasteiger partial charge in [-0.1, -0.05) is 6.07 Å². The lowest BCUT2D eigenvalue weighted by molar-refractivity contribution is -0.137. The first-order valence-corrected chi connectivity index (χ1v) is 7.14. The van der Waals surface area contributed by atoms with Crippen LogP contribution in [0.2, 0.25) is 0 Å². The number of rotatable bonds is 6. The smallest absolute Gasteiger partial charge is 0.263 e. The number of ether oxygens (including phenoxy) is 1. The minimum atomic E-state index is -0.508. The Hall–Kier alpha value is -1.55. The van der Waals surface area contributed by atoms with Crippen LogP contribution in [0.1, 0.15) is 44.9 Å². The maximum Gasteiger partial charge on any atom is 0.263 e. The Morgan fingerprint density at radius 3 is 2.35 bits per heavy atom. The molecular weight excluding hydrogens is 254 g/mol. The topological polar surface area (TPSA) is 49.8 Å². The molecule has 0 saturated heterocycles. The molecule has 1 amide bonds. The third-order valence-electron chi connectivity index (χ3n) is 3.41. The third kappa shape index (κ3) is 3.97. The predicted molar refractivity (Wildman–Crippen MR) is 79.8 cm³/mol. The maximum absolute atomic E-state index is 12.2. The Kier molecular flexibility index (Phi) is 6.02. The molecule has 1 aromatic carbocycles. The van der Waals surface area contributed by atoms with Crippen molar-refractivity contribution in [3.05, 3.63) is 29.3 Å². The average Bonchev–Trinajstić information content (AvgIpc) is 2.41. The third-order valence-corrected chi connectivity index (χ3v) is 3.41. The quantitative estimate of drug-likeness (QED) is 0.871. The first-order valence-electron chi connectivity index (χ1n) is 7.14. The molecule has 112 valence electrons. The molecule has 0 radical (unpaired) electrons. The molecule has 1 N–H and O–H groups in total. The summed E-state index contributed by atoms with van der Waals surface area (Å²) in [6.45, 7) is 10.7. The molecular formula is C16H25NO3. The van der Waals surface area contributed by atoms with E-state index in [-0.39, 0.29) is 5.91 Å². The molecule has 1 unspecified atom stereocenters. The minimum absolute atomic E-state index is 0.00555. The van der Waals surface area contributed by atoms with Gasteiger partial charge in [0.2, 0.25) is 0 Å². The zero-order valence-electron chi connectivity index (χ0n) is 13.0. The SMILES string of the molecule is CCN(CC)C(=O)C(C)Oc1ccc([C@@H](C)O)cc1C. The Bertz CT molecular complexity index is 453. The van der Waals surface area contributed by atoms with Crippen LogP contribution in [0.4, 0.5) is 0 Å². The van der Waals surface area contributed by atoms with Crippen LogP contribution in [0.15, 0.2) is 18.2 Å². The summed E-state index contributed by atoms with van der Waals surface area (Å²) in [5.74, 6) is 0.677. The van der Waals surface area contributed by atoms with Gasteiger partial charge in [-0.15, -0.1) is 0 Å². The molecule has 4 heteroatoms. The summed E-state index contributed by atoms with van der Waals surface area (Å²) >= 11 is 0. The lowest BCUT2D eigenvalue weighted by atomic mass is 10.1. The fraction of sp³-hybridized carbons (Fsp3) is 0.562. The van der Waals surface area contributed by atoms with Gasteiger partial charge in [0.1, 0.15) is 5.75 Å². The summed E-state index contributed by atoms with van der Waals surface area (Å²) in [5.41, 5.74) is 1.76. The summed E-state index contributed by atoms with van der Waals surface area (Å²) in [7, 11) is 0. The number of nitrogens with zero attached hydrogens (tertiary/aromatic N) is 1. The van der Waals surface area contributed by atoms with Gasteiger partial charge < -0.3 is 14.7 Å². The van der Waals surface area contributed by atoms with Gasteiger partial charge in [-0.3, -0.25) is 4.79 Å². The van der Waals surface area contributed by atoms with Crippen LogP contribution in [-0.2, 0) is 4.79 Å². The molecule has 1 aromatic rings. The van der Waals surface area contributed by atoms with Gasteiger partial charge in [0, 0.05) is 13.1 Å². The summed E-state index contributed by atoms with van der Waals surface area (Å²) in [5, 5.41) is 9.54. The van der Waals surface area contributed by atoms with Crippen molar-refractivity contribution in [1.29, 1.82) is 0 Å². The highest BCUT2D eigenvalue weighted by Crippen LogP contribution is 2.23. The molecule has 0 heterocycles. The fourth-order valence-electron chi connectivity index (χ4n) is 2.10. The van der Waals surface area contributed by atoms with E-state index in [4.69, 9.17) is 4.74 Å². The van der Waals surface area contributed by atoms with Gasteiger partial charge in [-0.2, -0.15) is 0 Å². The molecule has 2 atom stereocenters. The second kappa shape index (κ2) is 7.29. The van der Waals surface area contributed by atoms with E-state index in [9.17, 15) is 9.90 Å². The predicted octanol–water partition coefficient (Wildman–Crippen LogP) is 2.68. The van der Waals surface area contributed by atoms with Crippen LogP contribution >= 0.6 is 0 Å². The van der Waals surface area contributed by atoms with Gasteiger partial charge in [-0.05, 0) is 57.9 Å². The zero-order chi connectivity index (χ0) is 15.3. The second-order valence-corrected chi connectivity index (χ2v) is 4.97. The number of aliphatic hydroxyl groups is 1. The number of carbonyl (C=O) groups is 1. The number of aliphatic hydroxyl groups excluding tert-OH is 1. The number of amides is 1. The molecule has 4 nitrogen and oxygen atoms in total. The largest absolute Gasteiger partial charge is 0.481 e. The summed E-state index contributed by atoms with van der Waals surface area (Å²) in [6, 6.07) is 5.51. The van der Waals surface area contributed by atoms with E-state index in [1.54, 1.807) is 18.7 Å². The Morgan fingerprint density at radius 2 is 1.90 bits per heavy atom. The van der Waals surface area contributed by atoms with Gasteiger partial charge in [-0.25, -0.2) is 0 Å². The van der Waals surface area contributed by atoms with Crippen molar-refractivity contribution in [3.63, 3.8) is 0 Å². The zero-order valence-corrected chi connectivity index (χ0v) is 13.0. The molecule has 0 fully saturated rings. The van der Waals surface area contributed by atoms with E-state index >= 15 is 0 Å². The van der Waals surface area contributed by atoms with E-state index in [0.29, 0.717) is 18.8 Å². The van der Waals surface area contributed by atoms with E-state index in [1.807, 2.05) is 39.0 Å². The number of carbonyl (C=O) groups excluding carboxylic acids is 1.